The van der Waals surface area contributed by atoms with Gasteiger partial charge in [-0.25, -0.2) is 0 Å². The molecule has 0 nitrogen and oxygen atoms in total. The van der Waals surface area contributed by atoms with Crippen LogP contribution in [0.25, 0.3) is 0 Å². The van der Waals surface area contributed by atoms with Gasteiger partial charge in [-0.2, -0.15) is 0 Å². The molecule has 1 heteroatoms. The molecule has 6 rings (SSSR count). The van der Waals surface area contributed by atoms with Gasteiger partial charge in [0.1, 0.15) is 0 Å². The van der Waals surface area contributed by atoms with Crippen LogP contribution in [-0.2, 0) is 12.8 Å². The molecular weight excluding hydrogens is 784 g/mol. The number of benzene rings is 6. The second-order valence-corrected chi connectivity index (χ2v) is 24.4. The predicted molar refractivity (Wildman–Crippen MR) is 281 cm³/mol. The zero-order valence-corrected chi connectivity index (χ0v) is 42.4. The molecule has 6 atom stereocenters. The van der Waals surface area contributed by atoms with Crippen molar-refractivity contribution in [2.45, 2.75) is 151 Å². The van der Waals surface area contributed by atoms with E-state index in [9.17, 15) is 0 Å². The van der Waals surface area contributed by atoms with Crippen molar-refractivity contribution in [3.63, 3.8) is 0 Å². The van der Waals surface area contributed by atoms with Crippen molar-refractivity contribution in [2.24, 2.45) is 17.8 Å². The van der Waals surface area contributed by atoms with Gasteiger partial charge in [0, 0.05) is 0 Å². The topological polar surface area (TPSA) is 0 Å². The standard InChI is InChI=1S/3C21H27.Al/c3*1-4-11-20(18-12-7-5-8-13-18)16-21(17(2)3)19-14-9-6-10-15-19;/h3*5-10,12-15,17,20H,4,11,16H2,1-3H3;. The van der Waals surface area contributed by atoms with Crippen molar-refractivity contribution < 1.29 is 0 Å². The van der Waals surface area contributed by atoms with Gasteiger partial charge in [0.25, 0.3) is 0 Å². The van der Waals surface area contributed by atoms with Crippen molar-refractivity contribution in [2.75, 3.05) is 0 Å². The van der Waals surface area contributed by atoms with E-state index in [-0.39, 0.29) is 12.8 Å². The fraction of sp³-hybridized carbons (Fsp3) is 0.429. The molecule has 0 aliphatic heterocycles. The van der Waals surface area contributed by atoms with Crippen LogP contribution in [0.15, 0.2) is 182 Å². The van der Waals surface area contributed by atoms with E-state index in [1.54, 1.807) is 16.7 Å². The van der Waals surface area contributed by atoms with Crippen molar-refractivity contribution >= 4 is 14.1 Å². The second-order valence-electron chi connectivity index (χ2n) is 20.4. The van der Waals surface area contributed by atoms with Crippen molar-refractivity contribution in [3.05, 3.63) is 215 Å². The van der Waals surface area contributed by atoms with E-state index in [4.69, 9.17) is 0 Å². The van der Waals surface area contributed by atoms with Crippen LogP contribution >= 0.6 is 0 Å². The van der Waals surface area contributed by atoms with E-state index in [1.807, 2.05) is 0 Å². The van der Waals surface area contributed by atoms with E-state index >= 15 is 0 Å². The second kappa shape index (κ2) is 23.3. The summed E-state index contributed by atoms with van der Waals surface area (Å²) in [7, 11) is 0. The van der Waals surface area contributed by atoms with Gasteiger partial charge < -0.3 is 0 Å². The first-order valence-electron chi connectivity index (χ1n) is 25.4. The smallest absolute Gasteiger partial charge is 0.0654 e. The summed E-state index contributed by atoms with van der Waals surface area (Å²) in [6, 6.07) is 71.7. The van der Waals surface area contributed by atoms with Crippen LogP contribution in [0.5, 0.6) is 0 Å². The molecule has 0 bridgehead atoms. The Morgan fingerprint density at radius 2 is 0.516 bits per heavy atom. The lowest BCUT2D eigenvalue weighted by molar-refractivity contribution is 0.251. The Balaban J connectivity index is 1.89. The Morgan fingerprint density at radius 3 is 0.703 bits per heavy atom. The molecule has 0 heterocycles. The van der Waals surface area contributed by atoms with Crippen molar-refractivity contribution in [1.29, 1.82) is 0 Å². The molecule has 0 amide bonds. The summed E-state index contributed by atoms with van der Waals surface area (Å²) in [5.74, 6) is 2.40. The normalized spacial score (nSPS) is 16.1. The Hall–Kier alpha value is -4.15. The number of rotatable bonds is 24. The van der Waals surface area contributed by atoms with E-state index in [0.717, 1.165) is 38.5 Å². The van der Waals surface area contributed by atoms with Gasteiger partial charge in [0.2, 0.25) is 0 Å². The molecule has 6 unspecified atom stereocenters. The highest BCUT2D eigenvalue weighted by Gasteiger charge is 2.68. The molecule has 0 saturated heterocycles. The minimum Gasteiger partial charge on any atom is -0.0654 e. The fourth-order valence-electron chi connectivity index (χ4n) is 13.1. The van der Waals surface area contributed by atoms with Gasteiger partial charge in [-0.3, -0.25) is 0 Å². The highest BCUT2D eigenvalue weighted by Crippen LogP contribution is 2.62. The van der Waals surface area contributed by atoms with E-state index in [1.165, 1.54) is 36.0 Å². The average molecular weight is 865 g/mol. The highest BCUT2D eigenvalue weighted by atomic mass is 27.2. The maximum atomic E-state index is 2.65. The van der Waals surface area contributed by atoms with Crippen LogP contribution in [0.1, 0.15) is 171 Å². The summed E-state index contributed by atoms with van der Waals surface area (Å²) >= 11 is -2.45. The third kappa shape index (κ3) is 10.4. The molecule has 0 saturated carbocycles. The molecule has 0 spiro atoms. The summed E-state index contributed by atoms with van der Waals surface area (Å²) < 4.78 is -0.381. The molecule has 0 radical (unpaired) electrons. The average Bonchev–Trinajstić information content (AvgIpc) is 3.33. The van der Waals surface area contributed by atoms with Gasteiger partial charge in [0.05, 0.1) is 0 Å². The van der Waals surface area contributed by atoms with Crippen molar-refractivity contribution in [3.8, 4) is 0 Å². The minimum atomic E-state index is -2.45. The largest absolute Gasteiger partial charge is 0.303 e. The predicted octanol–water partition coefficient (Wildman–Crippen LogP) is 17.8. The van der Waals surface area contributed by atoms with E-state index < -0.39 is 14.1 Å². The quantitative estimate of drug-likeness (QED) is 0.0532. The fourth-order valence-corrected chi connectivity index (χ4v) is 21.0. The molecule has 336 valence electrons. The first kappa shape index (κ1) is 49.3. The molecule has 64 heavy (non-hydrogen) atoms. The molecule has 0 fully saturated rings. The van der Waals surface area contributed by atoms with Gasteiger partial charge in [-0.15, -0.1) is 0 Å². The van der Waals surface area contributed by atoms with E-state index in [2.05, 4.69) is 244 Å². The van der Waals surface area contributed by atoms with Crippen molar-refractivity contribution in [1.82, 2.24) is 0 Å². The molecule has 6 aromatic rings. The van der Waals surface area contributed by atoms with Gasteiger partial charge >= 0.3 is 14.1 Å². The summed E-state index contributed by atoms with van der Waals surface area (Å²) in [4.78, 5) is 0. The zero-order chi connectivity index (χ0) is 45.6. The first-order valence-corrected chi connectivity index (χ1v) is 27.1. The molecule has 0 aromatic heterocycles. The summed E-state index contributed by atoms with van der Waals surface area (Å²) in [6.45, 7) is 23.1. The zero-order valence-electron chi connectivity index (χ0n) is 41.2. The lowest BCUT2D eigenvalue weighted by Crippen LogP contribution is -2.72. The third-order valence-corrected chi connectivity index (χ3v) is 22.8. The molecule has 0 N–H and O–H groups in total. The summed E-state index contributed by atoms with van der Waals surface area (Å²) in [5, 5.41) is 0. The monoisotopic (exact) mass is 865 g/mol. The molecule has 0 aliphatic carbocycles. The Labute approximate surface area is 395 Å². The van der Waals surface area contributed by atoms with E-state index in [0.29, 0.717) is 35.5 Å². The molecular formula is C63H81Al. The third-order valence-electron chi connectivity index (χ3n) is 16.0. The van der Waals surface area contributed by atoms with Gasteiger partial charge in [-0.1, -0.05) is 280 Å². The van der Waals surface area contributed by atoms with Gasteiger partial charge in [0.15, 0.2) is 0 Å². The Morgan fingerprint density at radius 1 is 0.312 bits per heavy atom. The maximum absolute atomic E-state index is 2.65. The van der Waals surface area contributed by atoms with Crippen LogP contribution in [-0.4, -0.2) is 14.1 Å². The minimum absolute atomic E-state index is 0.127. The van der Waals surface area contributed by atoms with Gasteiger partial charge in [-0.05, 0) is 104 Å². The summed E-state index contributed by atoms with van der Waals surface area (Å²) in [6.07, 6.45) is 10.4. The van der Waals surface area contributed by atoms with Crippen LogP contribution in [0.3, 0.4) is 0 Å². The molecule has 0 aliphatic rings. The number of hydrogen-bond donors (Lipinski definition) is 0. The van der Waals surface area contributed by atoms with Crippen LogP contribution in [0, 0.1) is 17.8 Å². The SMILES string of the molecule is CCCC(C[C](c1ccccc1)(C(C)C)[Al]([C](CC(CCC)c1ccccc1)(c1ccccc1)C(C)C)[C](CC(CCC)c1ccccc1)(c1ccccc1)C(C)C)c1ccccc1. The molecule has 6 aromatic carbocycles. The summed E-state index contributed by atoms with van der Waals surface area (Å²) in [5.41, 5.74) is 9.22. The maximum Gasteiger partial charge on any atom is 0.303 e. The highest BCUT2D eigenvalue weighted by molar-refractivity contribution is 6.69. The Kier molecular flexibility index (Phi) is 18.0. The van der Waals surface area contributed by atoms with Crippen LogP contribution in [0.4, 0.5) is 0 Å². The van der Waals surface area contributed by atoms with Crippen LogP contribution < -0.4 is 0 Å². The lowest BCUT2D eigenvalue weighted by Gasteiger charge is -2.63. The first-order chi connectivity index (χ1) is 31.1. The Bertz CT molecular complexity index is 1930. The number of hydrogen-bond acceptors (Lipinski definition) is 0. The lowest BCUT2D eigenvalue weighted by atomic mass is 9.74. The van der Waals surface area contributed by atoms with Crippen LogP contribution in [0.2, 0.25) is 0 Å².